The third-order valence-electron chi connectivity index (χ3n) is 3.41. The Hall–Kier alpha value is -0.670. The highest BCUT2D eigenvalue weighted by molar-refractivity contribution is 7.99. The van der Waals surface area contributed by atoms with Crippen molar-refractivity contribution >= 4 is 11.8 Å². The normalized spacial score (nSPS) is 19.4. The average Bonchev–Trinajstić information content (AvgIpc) is 2.43. The molecule has 1 aliphatic heterocycles. The van der Waals surface area contributed by atoms with E-state index >= 15 is 0 Å². The highest BCUT2D eigenvalue weighted by Crippen LogP contribution is 2.20. The molecule has 1 heterocycles. The lowest BCUT2D eigenvalue weighted by Gasteiger charge is -2.22. The standard InChI is InChI=1S/C16H24O2S/c1-13-6-7-14(2)16(11-13)18-9-10-19-12-15-5-3-4-8-17-15/h6-7,11,15H,3-5,8-10,12H2,1-2H3. The summed E-state index contributed by atoms with van der Waals surface area (Å²) in [6.45, 7) is 5.92. The Labute approximate surface area is 120 Å². The van der Waals surface area contributed by atoms with Crippen LogP contribution in [0.15, 0.2) is 18.2 Å². The first kappa shape index (κ1) is 14.7. The molecule has 0 radical (unpaired) electrons. The number of ether oxygens (including phenoxy) is 2. The van der Waals surface area contributed by atoms with E-state index in [-0.39, 0.29) is 0 Å². The van der Waals surface area contributed by atoms with Crippen molar-refractivity contribution in [1.29, 1.82) is 0 Å². The third-order valence-corrected chi connectivity index (χ3v) is 4.47. The first-order valence-corrected chi connectivity index (χ1v) is 8.30. The molecule has 0 N–H and O–H groups in total. The Morgan fingerprint density at radius 3 is 3.00 bits per heavy atom. The molecule has 2 nitrogen and oxygen atoms in total. The van der Waals surface area contributed by atoms with Crippen LogP contribution in [-0.2, 0) is 4.74 Å². The van der Waals surface area contributed by atoms with Gasteiger partial charge in [-0.25, -0.2) is 0 Å². The molecule has 1 aromatic carbocycles. The smallest absolute Gasteiger partial charge is 0.122 e. The lowest BCUT2D eigenvalue weighted by atomic mass is 10.1. The molecule has 0 aromatic heterocycles. The first-order valence-electron chi connectivity index (χ1n) is 7.15. The van der Waals surface area contributed by atoms with Crippen molar-refractivity contribution in [2.75, 3.05) is 24.7 Å². The van der Waals surface area contributed by atoms with E-state index in [1.807, 2.05) is 11.8 Å². The van der Waals surface area contributed by atoms with Crippen LogP contribution in [-0.4, -0.2) is 30.8 Å². The average molecular weight is 280 g/mol. The van der Waals surface area contributed by atoms with Crippen LogP contribution in [0.5, 0.6) is 5.75 Å². The van der Waals surface area contributed by atoms with Gasteiger partial charge in [0.05, 0.1) is 12.7 Å². The minimum atomic E-state index is 0.472. The molecule has 0 amide bonds. The zero-order valence-corrected chi connectivity index (χ0v) is 12.8. The predicted octanol–water partition coefficient (Wildman–Crippen LogP) is 3.98. The van der Waals surface area contributed by atoms with E-state index in [0.717, 1.165) is 30.5 Å². The fourth-order valence-corrected chi connectivity index (χ4v) is 3.12. The van der Waals surface area contributed by atoms with Crippen molar-refractivity contribution < 1.29 is 9.47 Å². The maximum absolute atomic E-state index is 5.85. The molecule has 1 saturated heterocycles. The Balaban J connectivity index is 1.62. The highest BCUT2D eigenvalue weighted by atomic mass is 32.2. The molecule has 2 rings (SSSR count). The SMILES string of the molecule is Cc1ccc(C)c(OCCSCC2CCCCO2)c1. The van der Waals surface area contributed by atoms with E-state index in [9.17, 15) is 0 Å². The first-order chi connectivity index (χ1) is 9.25. The summed E-state index contributed by atoms with van der Waals surface area (Å²) < 4.78 is 11.6. The summed E-state index contributed by atoms with van der Waals surface area (Å²) in [5.41, 5.74) is 2.47. The molecule has 0 aliphatic carbocycles. The summed E-state index contributed by atoms with van der Waals surface area (Å²) in [7, 11) is 0. The number of hydrogen-bond acceptors (Lipinski definition) is 3. The van der Waals surface area contributed by atoms with Crippen molar-refractivity contribution in [3.63, 3.8) is 0 Å². The third kappa shape index (κ3) is 5.07. The minimum absolute atomic E-state index is 0.472. The zero-order valence-electron chi connectivity index (χ0n) is 12.0. The molecule has 0 saturated carbocycles. The van der Waals surface area contributed by atoms with E-state index < -0.39 is 0 Å². The van der Waals surface area contributed by atoms with Crippen LogP contribution in [0.3, 0.4) is 0 Å². The Morgan fingerprint density at radius 2 is 2.21 bits per heavy atom. The summed E-state index contributed by atoms with van der Waals surface area (Å²) in [6, 6.07) is 6.36. The van der Waals surface area contributed by atoms with Gasteiger partial charge in [0.25, 0.3) is 0 Å². The molecule has 0 spiro atoms. The van der Waals surface area contributed by atoms with E-state index in [1.54, 1.807) is 0 Å². The van der Waals surface area contributed by atoms with Crippen molar-refractivity contribution in [3.05, 3.63) is 29.3 Å². The van der Waals surface area contributed by atoms with Crippen molar-refractivity contribution in [2.45, 2.75) is 39.2 Å². The Kier molecular flexibility index (Phi) is 6.05. The molecule has 1 aliphatic rings. The number of hydrogen-bond donors (Lipinski definition) is 0. The topological polar surface area (TPSA) is 18.5 Å². The van der Waals surface area contributed by atoms with Crippen LogP contribution in [0.1, 0.15) is 30.4 Å². The largest absolute Gasteiger partial charge is 0.492 e. The quantitative estimate of drug-likeness (QED) is 0.734. The second kappa shape index (κ2) is 7.81. The lowest BCUT2D eigenvalue weighted by Crippen LogP contribution is -2.21. The molecule has 106 valence electrons. The molecule has 1 aromatic rings. The summed E-state index contributed by atoms with van der Waals surface area (Å²) in [4.78, 5) is 0. The molecular formula is C16H24O2S. The van der Waals surface area contributed by atoms with Gasteiger partial charge in [0.1, 0.15) is 5.75 Å². The van der Waals surface area contributed by atoms with Gasteiger partial charge in [-0.2, -0.15) is 11.8 Å². The monoisotopic (exact) mass is 280 g/mol. The molecular weight excluding hydrogens is 256 g/mol. The minimum Gasteiger partial charge on any atom is -0.492 e. The van der Waals surface area contributed by atoms with Crippen LogP contribution >= 0.6 is 11.8 Å². The summed E-state index contributed by atoms with van der Waals surface area (Å²) in [6.07, 6.45) is 4.26. The van der Waals surface area contributed by atoms with Gasteiger partial charge in [-0.3, -0.25) is 0 Å². The summed E-state index contributed by atoms with van der Waals surface area (Å²) >= 11 is 1.94. The van der Waals surface area contributed by atoms with Gasteiger partial charge < -0.3 is 9.47 Å². The van der Waals surface area contributed by atoms with Gasteiger partial charge in [0.2, 0.25) is 0 Å². The fraction of sp³-hybridized carbons (Fsp3) is 0.625. The van der Waals surface area contributed by atoms with E-state index in [2.05, 4.69) is 32.0 Å². The number of rotatable bonds is 6. The van der Waals surface area contributed by atoms with Gasteiger partial charge in [0, 0.05) is 18.1 Å². The van der Waals surface area contributed by atoms with Gasteiger partial charge in [-0.1, -0.05) is 12.1 Å². The maximum Gasteiger partial charge on any atom is 0.122 e. The fourth-order valence-electron chi connectivity index (χ4n) is 2.23. The molecule has 0 bridgehead atoms. The number of thioether (sulfide) groups is 1. The summed E-state index contributed by atoms with van der Waals surface area (Å²) in [5.74, 6) is 3.16. The van der Waals surface area contributed by atoms with Crippen molar-refractivity contribution in [1.82, 2.24) is 0 Å². The van der Waals surface area contributed by atoms with E-state index in [0.29, 0.717) is 6.10 Å². The van der Waals surface area contributed by atoms with Crippen LogP contribution < -0.4 is 4.74 Å². The second-order valence-corrected chi connectivity index (χ2v) is 6.33. The van der Waals surface area contributed by atoms with Gasteiger partial charge in [0.15, 0.2) is 0 Å². The van der Waals surface area contributed by atoms with E-state index in [1.165, 1.54) is 30.4 Å². The zero-order chi connectivity index (χ0) is 13.5. The van der Waals surface area contributed by atoms with Crippen LogP contribution in [0.25, 0.3) is 0 Å². The molecule has 1 atom stereocenters. The van der Waals surface area contributed by atoms with Crippen molar-refractivity contribution in [2.24, 2.45) is 0 Å². The van der Waals surface area contributed by atoms with Crippen LogP contribution in [0, 0.1) is 13.8 Å². The maximum atomic E-state index is 5.85. The van der Waals surface area contributed by atoms with Gasteiger partial charge in [-0.15, -0.1) is 0 Å². The van der Waals surface area contributed by atoms with Crippen LogP contribution in [0.4, 0.5) is 0 Å². The van der Waals surface area contributed by atoms with Crippen LogP contribution in [0.2, 0.25) is 0 Å². The predicted molar refractivity (Wildman–Crippen MR) is 82.3 cm³/mol. The van der Waals surface area contributed by atoms with Gasteiger partial charge >= 0.3 is 0 Å². The van der Waals surface area contributed by atoms with Crippen molar-refractivity contribution in [3.8, 4) is 5.75 Å². The molecule has 1 fully saturated rings. The van der Waals surface area contributed by atoms with Gasteiger partial charge in [-0.05, 0) is 50.3 Å². The molecule has 3 heteroatoms. The molecule has 1 unspecified atom stereocenters. The Bertz CT molecular complexity index is 386. The number of benzene rings is 1. The highest BCUT2D eigenvalue weighted by Gasteiger charge is 2.13. The summed E-state index contributed by atoms with van der Waals surface area (Å²) in [5, 5.41) is 0. The Morgan fingerprint density at radius 1 is 1.32 bits per heavy atom. The molecule has 19 heavy (non-hydrogen) atoms. The van der Waals surface area contributed by atoms with E-state index in [4.69, 9.17) is 9.47 Å². The lowest BCUT2D eigenvalue weighted by molar-refractivity contribution is 0.0315. The number of aryl methyl sites for hydroxylation is 2. The second-order valence-electron chi connectivity index (χ2n) is 5.18.